The molecule has 3 rings (SSSR count). The maximum absolute atomic E-state index is 12.7. The van der Waals surface area contributed by atoms with Gasteiger partial charge in [-0.15, -0.1) is 0 Å². The molecule has 0 bridgehead atoms. The van der Waals surface area contributed by atoms with Gasteiger partial charge in [-0.3, -0.25) is 9.59 Å². The number of imidazole rings is 1. The minimum Gasteiger partial charge on any atom is -0.338 e. The number of aromatic nitrogens is 3. The normalized spacial score (nSPS) is 18.2. The van der Waals surface area contributed by atoms with Crippen molar-refractivity contribution >= 4 is 17.5 Å². The molecule has 3 heterocycles. The molecule has 0 unspecified atom stereocenters. The van der Waals surface area contributed by atoms with Crippen LogP contribution in [0.5, 0.6) is 0 Å². The van der Waals surface area contributed by atoms with E-state index in [1.807, 2.05) is 11.1 Å². The number of hydrogen-bond donors (Lipinski definition) is 1. The summed E-state index contributed by atoms with van der Waals surface area (Å²) in [7, 11) is 0. The predicted molar refractivity (Wildman–Crippen MR) is 87.9 cm³/mol. The highest BCUT2D eigenvalue weighted by atomic mass is 35.5. The molecule has 2 aromatic rings. The molecule has 0 spiro atoms. The highest BCUT2D eigenvalue weighted by Gasteiger charge is 2.28. The molecule has 0 aromatic carbocycles. The number of H-pyrrole nitrogens is 1. The maximum Gasteiger partial charge on any atom is 0.266 e. The summed E-state index contributed by atoms with van der Waals surface area (Å²) in [5.74, 6) is 1.16. The van der Waals surface area contributed by atoms with Crippen LogP contribution in [0.25, 0.3) is 0 Å². The van der Waals surface area contributed by atoms with Crippen LogP contribution < -0.4 is 5.56 Å². The van der Waals surface area contributed by atoms with Gasteiger partial charge in [-0.05, 0) is 25.8 Å². The number of piperidine rings is 1. The smallest absolute Gasteiger partial charge is 0.266 e. The zero-order chi connectivity index (χ0) is 16.4. The number of amides is 1. The minimum absolute atomic E-state index is 0.0333. The second kappa shape index (κ2) is 6.58. The van der Waals surface area contributed by atoms with Crippen LogP contribution in [0.15, 0.2) is 29.5 Å². The Balaban J connectivity index is 1.79. The lowest BCUT2D eigenvalue weighted by atomic mass is 9.96. The van der Waals surface area contributed by atoms with Crippen molar-refractivity contribution in [3.8, 4) is 0 Å². The van der Waals surface area contributed by atoms with E-state index in [9.17, 15) is 9.59 Å². The number of likely N-dealkylation sites (tertiary alicyclic amines) is 1. The lowest BCUT2D eigenvalue weighted by Gasteiger charge is -2.32. The quantitative estimate of drug-likeness (QED) is 0.936. The van der Waals surface area contributed by atoms with Gasteiger partial charge in [0.15, 0.2) is 0 Å². The van der Waals surface area contributed by atoms with Crippen LogP contribution in [-0.2, 0) is 6.54 Å². The summed E-state index contributed by atoms with van der Waals surface area (Å²) in [5.41, 5.74) is 0.0267. The molecule has 1 amide bonds. The SMILES string of the molecule is CCn1ccnc1[C@@H]1CCCN(C(=O)c2c[nH]c(=O)c(Cl)c2)C1. The number of halogens is 1. The van der Waals surface area contributed by atoms with Crippen LogP contribution in [0.4, 0.5) is 0 Å². The molecular formula is C16H19ClN4O2. The third kappa shape index (κ3) is 3.17. The van der Waals surface area contributed by atoms with E-state index in [1.165, 1.54) is 12.3 Å². The molecule has 1 fully saturated rings. The average Bonchev–Trinajstić information content (AvgIpc) is 3.05. The Labute approximate surface area is 139 Å². The summed E-state index contributed by atoms with van der Waals surface area (Å²) in [4.78, 5) is 32.7. The molecule has 6 nitrogen and oxygen atoms in total. The van der Waals surface area contributed by atoms with E-state index in [-0.39, 0.29) is 22.4 Å². The van der Waals surface area contributed by atoms with Gasteiger partial charge in [-0.1, -0.05) is 11.6 Å². The number of rotatable bonds is 3. The number of carbonyl (C=O) groups excluding carboxylic acids is 1. The number of hydrogen-bond acceptors (Lipinski definition) is 3. The molecule has 0 saturated carbocycles. The molecule has 23 heavy (non-hydrogen) atoms. The molecular weight excluding hydrogens is 316 g/mol. The van der Waals surface area contributed by atoms with Crippen LogP contribution in [0, 0.1) is 0 Å². The standard InChI is InChI=1S/C16H19ClN4O2/c1-2-20-7-5-18-14(20)11-4-3-6-21(10-11)16(23)12-8-13(17)15(22)19-9-12/h5,7-9,11H,2-4,6,10H2,1H3,(H,19,22)/t11-/m1/s1. The number of nitrogens with zero attached hydrogens (tertiary/aromatic N) is 3. The highest BCUT2D eigenvalue weighted by molar-refractivity contribution is 6.30. The van der Waals surface area contributed by atoms with Crippen molar-refractivity contribution in [2.75, 3.05) is 13.1 Å². The number of carbonyl (C=O) groups is 1. The first-order chi connectivity index (χ1) is 11.1. The monoisotopic (exact) mass is 334 g/mol. The van der Waals surface area contributed by atoms with E-state index in [2.05, 4.69) is 21.5 Å². The third-order valence-electron chi connectivity index (χ3n) is 4.27. The number of aromatic amines is 1. The summed E-state index contributed by atoms with van der Waals surface area (Å²) in [5, 5.41) is 0.0333. The van der Waals surface area contributed by atoms with Crippen LogP contribution in [0.3, 0.4) is 0 Å². The zero-order valence-electron chi connectivity index (χ0n) is 13.0. The van der Waals surface area contributed by atoms with E-state index in [0.29, 0.717) is 18.7 Å². The largest absolute Gasteiger partial charge is 0.338 e. The molecule has 7 heteroatoms. The van der Waals surface area contributed by atoms with Crippen molar-refractivity contribution in [3.05, 3.63) is 51.4 Å². The van der Waals surface area contributed by atoms with Gasteiger partial charge in [-0.25, -0.2) is 4.98 Å². The van der Waals surface area contributed by atoms with E-state index in [1.54, 1.807) is 6.20 Å². The van der Waals surface area contributed by atoms with Crippen molar-refractivity contribution in [3.63, 3.8) is 0 Å². The van der Waals surface area contributed by atoms with Gasteiger partial charge in [0.1, 0.15) is 10.8 Å². The molecule has 1 atom stereocenters. The molecule has 2 aromatic heterocycles. The van der Waals surface area contributed by atoms with Crippen LogP contribution in [0.2, 0.25) is 5.02 Å². The van der Waals surface area contributed by atoms with Crippen molar-refractivity contribution in [1.82, 2.24) is 19.4 Å². The topological polar surface area (TPSA) is 71.0 Å². The highest BCUT2D eigenvalue weighted by Crippen LogP contribution is 2.26. The first kappa shape index (κ1) is 15.8. The van der Waals surface area contributed by atoms with Gasteiger partial charge in [0.2, 0.25) is 0 Å². The van der Waals surface area contributed by atoms with Gasteiger partial charge in [0.05, 0.1) is 5.56 Å². The first-order valence-electron chi connectivity index (χ1n) is 7.78. The number of aryl methyl sites for hydroxylation is 1. The van der Waals surface area contributed by atoms with Crippen molar-refractivity contribution in [1.29, 1.82) is 0 Å². The van der Waals surface area contributed by atoms with E-state index in [0.717, 1.165) is 25.2 Å². The van der Waals surface area contributed by atoms with Gasteiger partial charge in [0, 0.05) is 44.1 Å². The van der Waals surface area contributed by atoms with Gasteiger partial charge >= 0.3 is 0 Å². The molecule has 1 aliphatic rings. The Morgan fingerprint density at radius 2 is 2.35 bits per heavy atom. The summed E-state index contributed by atoms with van der Waals surface area (Å²) in [6, 6.07) is 1.43. The second-order valence-electron chi connectivity index (χ2n) is 5.73. The minimum atomic E-state index is -0.385. The van der Waals surface area contributed by atoms with Gasteiger partial charge in [0.25, 0.3) is 11.5 Å². The number of pyridine rings is 1. The maximum atomic E-state index is 12.7. The molecule has 1 N–H and O–H groups in total. The fraction of sp³-hybridized carbons (Fsp3) is 0.438. The molecule has 1 aliphatic heterocycles. The first-order valence-corrected chi connectivity index (χ1v) is 8.16. The van der Waals surface area contributed by atoms with Crippen LogP contribution >= 0.6 is 11.6 Å². The summed E-state index contributed by atoms with van der Waals surface area (Å²) < 4.78 is 2.12. The van der Waals surface area contributed by atoms with Crippen molar-refractivity contribution < 1.29 is 4.79 Å². The Morgan fingerprint density at radius 1 is 1.52 bits per heavy atom. The summed E-state index contributed by atoms with van der Waals surface area (Å²) in [6.07, 6.45) is 7.16. The molecule has 0 aliphatic carbocycles. The lowest BCUT2D eigenvalue weighted by molar-refractivity contribution is 0.0703. The molecule has 1 saturated heterocycles. The summed E-state index contributed by atoms with van der Waals surface area (Å²) >= 11 is 5.82. The third-order valence-corrected chi connectivity index (χ3v) is 4.55. The fourth-order valence-electron chi connectivity index (χ4n) is 3.08. The zero-order valence-corrected chi connectivity index (χ0v) is 13.7. The molecule has 122 valence electrons. The lowest BCUT2D eigenvalue weighted by Crippen LogP contribution is -2.40. The van der Waals surface area contributed by atoms with Gasteiger partial charge in [-0.2, -0.15) is 0 Å². The van der Waals surface area contributed by atoms with Crippen LogP contribution in [0.1, 0.15) is 41.9 Å². The predicted octanol–water partition coefficient (Wildman–Crippen LogP) is 2.26. The van der Waals surface area contributed by atoms with Crippen LogP contribution in [-0.4, -0.2) is 38.4 Å². The van der Waals surface area contributed by atoms with E-state index in [4.69, 9.17) is 11.6 Å². The Morgan fingerprint density at radius 3 is 3.09 bits per heavy atom. The Kier molecular flexibility index (Phi) is 4.52. The fourth-order valence-corrected chi connectivity index (χ4v) is 3.25. The summed E-state index contributed by atoms with van der Waals surface area (Å²) in [6.45, 7) is 4.29. The molecule has 0 radical (unpaired) electrons. The Hall–Kier alpha value is -2.08. The van der Waals surface area contributed by atoms with E-state index >= 15 is 0 Å². The van der Waals surface area contributed by atoms with Gasteiger partial charge < -0.3 is 14.5 Å². The van der Waals surface area contributed by atoms with Crippen molar-refractivity contribution in [2.45, 2.75) is 32.2 Å². The van der Waals surface area contributed by atoms with E-state index < -0.39 is 0 Å². The second-order valence-corrected chi connectivity index (χ2v) is 6.13. The number of nitrogens with one attached hydrogen (secondary N) is 1. The Bertz CT molecular complexity index is 767. The van der Waals surface area contributed by atoms with Crippen molar-refractivity contribution in [2.24, 2.45) is 0 Å². The average molecular weight is 335 g/mol.